The van der Waals surface area contributed by atoms with Crippen LogP contribution >= 0.6 is 0 Å². The normalized spacial score (nSPS) is 10.2. The lowest BCUT2D eigenvalue weighted by Gasteiger charge is -2.10. The van der Waals surface area contributed by atoms with Gasteiger partial charge in [-0.3, -0.25) is 4.79 Å². The maximum Gasteiger partial charge on any atom is 0.163 e. The average molecular weight is 256 g/mol. The molecule has 0 saturated carbocycles. The third kappa shape index (κ3) is 3.42. The van der Waals surface area contributed by atoms with Crippen molar-refractivity contribution in [2.75, 3.05) is 7.11 Å². The van der Waals surface area contributed by atoms with Gasteiger partial charge in [0.25, 0.3) is 0 Å². The Kier molecular flexibility index (Phi) is 4.31. The van der Waals surface area contributed by atoms with Crippen LogP contribution in [0.1, 0.15) is 22.8 Å². The van der Waals surface area contributed by atoms with E-state index in [2.05, 4.69) is 0 Å². The highest BCUT2D eigenvalue weighted by molar-refractivity contribution is 5.96. The quantitative estimate of drug-likeness (QED) is 0.763. The zero-order valence-electron chi connectivity index (χ0n) is 11.1. The van der Waals surface area contributed by atoms with Crippen molar-refractivity contribution in [1.82, 2.24) is 0 Å². The molecule has 0 aliphatic heterocycles. The Labute approximate surface area is 112 Å². The number of ether oxygens (including phenoxy) is 2. The summed E-state index contributed by atoms with van der Waals surface area (Å²) < 4.78 is 10.9. The molecule has 2 aromatic carbocycles. The molecule has 0 fully saturated rings. The van der Waals surface area contributed by atoms with Gasteiger partial charge in [0.15, 0.2) is 5.78 Å². The Morgan fingerprint density at radius 3 is 2.63 bits per heavy atom. The van der Waals surface area contributed by atoms with Crippen molar-refractivity contribution in [2.24, 2.45) is 0 Å². The van der Waals surface area contributed by atoms with Gasteiger partial charge in [0.2, 0.25) is 0 Å². The Morgan fingerprint density at radius 1 is 1.11 bits per heavy atom. The van der Waals surface area contributed by atoms with Gasteiger partial charge in [0.05, 0.1) is 12.2 Å². The van der Waals surface area contributed by atoms with E-state index in [1.165, 1.54) is 6.92 Å². The molecule has 0 aromatic heterocycles. The monoisotopic (exact) mass is 256 g/mol. The molecule has 19 heavy (non-hydrogen) atoms. The highest BCUT2D eigenvalue weighted by Crippen LogP contribution is 2.26. The smallest absolute Gasteiger partial charge is 0.163 e. The Balaban J connectivity index is 2.26. The van der Waals surface area contributed by atoms with E-state index in [1.807, 2.05) is 36.4 Å². The van der Waals surface area contributed by atoms with E-state index in [9.17, 15) is 4.79 Å². The number of para-hydroxylation sites is 1. The number of ketones is 1. The molecular weight excluding hydrogens is 240 g/mol. The number of Topliss-reactive ketones (excluding diaryl/α,β-unsaturated/α-hetero) is 1. The molecule has 3 nitrogen and oxygen atoms in total. The molecule has 2 aromatic rings. The summed E-state index contributed by atoms with van der Waals surface area (Å²) in [5.41, 5.74) is 1.61. The van der Waals surface area contributed by atoms with Crippen molar-refractivity contribution in [3.8, 4) is 11.5 Å². The molecule has 3 heteroatoms. The molecule has 0 spiro atoms. The summed E-state index contributed by atoms with van der Waals surface area (Å²) in [6, 6.07) is 14.9. The zero-order valence-corrected chi connectivity index (χ0v) is 11.1. The average Bonchev–Trinajstić information content (AvgIpc) is 2.40. The molecule has 0 heterocycles. The largest absolute Gasteiger partial charge is 0.457 e. The summed E-state index contributed by atoms with van der Waals surface area (Å²) in [5, 5.41) is 0. The summed E-state index contributed by atoms with van der Waals surface area (Å²) in [6.45, 7) is 2.06. The van der Waals surface area contributed by atoms with Crippen LogP contribution in [0.5, 0.6) is 11.5 Å². The first-order valence-corrected chi connectivity index (χ1v) is 6.06. The van der Waals surface area contributed by atoms with E-state index in [4.69, 9.17) is 9.47 Å². The van der Waals surface area contributed by atoms with Crippen molar-refractivity contribution in [1.29, 1.82) is 0 Å². The summed E-state index contributed by atoms with van der Waals surface area (Å²) >= 11 is 0. The zero-order chi connectivity index (χ0) is 13.7. The minimum Gasteiger partial charge on any atom is -0.457 e. The summed E-state index contributed by atoms with van der Waals surface area (Å²) in [5.74, 6) is 1.26. The van der Waals surface area contributed by atoms with E-state index in [1.54, 1.807) is 19.2 Å². The van der Waals surface area contributed by atoms with Gasteiger partial charge in [-0.1, -0.05) is 24.3 Å². The second-order valence-electron chi connectivity index (χ2n) is 4.23. The van der Waals surface area contributed by atoms with E-state index >= 15 is 0 Å². The highest BCUT2D eigenvalue weighted by atomic mass is 16.5. The Bertz CT molecular complexity index is 576. The van der Waals surface area contributed by atoms with Crippen molar-refractivity contribution >= 4 is 5.78 Å². The number of rotatable bonds is 5. The number of hydrogen-bond donors (Lipinski definition) is 0. The van der Waals surface area contributed by atoms with Crippen LogP contribution in [-0.4, -0.2) is 12.9 Å². The highest BCUT2D eigenvalue weighted by Gasteiger charge is 2.08. The maximum atomic E-state index is 11.5. The van der Waals surface area contributed by atoms with Gasteiger partial charge >= 0.3 is 0 Å². The molecule has 98 valence electrons. The van der Waals surface area contributed by atoms with Crippen LogP contribution < -0.4 is 4.74 Å². The number of hydrogen-bond acceptors (Lipinski definition) is 3. The molecule has 0 saturated heterocycles. The van der Waals surface area contributed by atoms with Crippen LogP contribution in [0.25, 0.3) is 0 Å². The number of methoxy groups -OCH3 is 1. The van der Waals surface area contributed by atoms with Gasteiger partial charge in [-0.25, -0.2) is 0 Å². The molecule has 2 rings (SSSR count). The van der Waals surface area contributed by atoms with Gasteiger partial charge in [-0.2, -0.15) is 0 Å². The van der Waals surface area contributed by atoms with Crippen molar-refractivity contribution in [3.05, 3.63) is 59.7 Å². The lowest BCUT2D eigenvalue weighted by molar-refractivity contribution is 0.101. The minimum absolute atomic E-state index is 0.0105. The van der Waals surface area contributed by atoms with E-state index < -0.39 is 0 Å². The fourth-order valence-corrected chi connectivity index (χ4v) is 1.84. The fourth-order valence-electron chi connectivity index (χ4n) is 1.84. The lowest BCUT2D eigenvalue weighted by Crippen LogP contribution is -1.97. The molecule has 0 unspecified atom stereocenters. The lowest BCUT2D eigenvalue weighted by atomic mass is 10.1. The predicted octanol–water partition coefficient (Wildman–Crippen LogP) is 3.83. The number of carbonyl (C=O) groups is 1. The second-order valence-corrected chi connectivity index (χ2v) is 4.23. The van der Waals surface area contributed by atoms with E-state index in [0.29, 0.717) is 23.7 Å². The van der Waals surface area contributed by atoms with Crippen LogP contribution in [0.15, 0.2) is 48.5 Å². The molecule has 0 atom stereocenters. The van der Waals surface area contributed by atoms with E-state index in [0.717, 1.165) is 5.56 Å². The summed E-state index contributed by atoms with van der Waals surface area (Å²) in [6.07, 6.45) is 0. The molecule has 0 radical (unpaired) electrons. The van der Waals surface area contributed by atoms with Gasteiger partial charge in [0, 0.05) is 7.11 Å². The van der Waals surface area contributed by atoms with Crippen LogP contribution in [-0.2, 0) is 11.3 Å². The molecule has 0 amide bonds. The molecular formula is C16H16O3. The first kappa shape index (κ1) is 13.3. The SMILES string of the molecule is COCc1cccc(Oc2ccccc2C(C)=O)c1. The minimum atomic E-state index is -0.0105. The molecule has 0 bridgehead atoms. The van der Waals surface area contributed by atoms with Crippen molar-refractivity contribution < 1.29 is 14.3 Å². The number of carbonyl (C=O) groups excluding carboxylic acids is 1. The molecule has 0 aliphatic rings. The first-order chi connectivity index (χ1) is 9.20. The van der Waals surface area contributed by atoms with E-state index in [-0.39, 0.29) is 5.78 Å². The topological polar surface area (TPSA) is 35.5 Å². The van der Waals surface area contributed by atoms with Crippen molar-refractivity contribution in [2.45, 2.75) is 13.5 Å². The maximum absolute atomic E-state index is 11.5. The van der Waals surface area contributed by atoms with Gasteiger partial charge in [0.1, 0.15) is 11.5 Å². The van der Waals surface area contributed by atoms with Crippen LogP contribution in [0.2, 0.25) is 0 Å². The number of benzene rings is 2. The Morgan fingerprint density at radius 2 is 1.89 bits per heavy atom. The molecule has 0 N–H and O–H groups in total. The molecule has 0 aliphatic carbocycles. The van der Waals surface area contributed by atoms with Gasteiger partial charge in [-0.05, 0) is 36.8 Å². The van der Waals surface area contributed by atoms with Crippen molar-refractivity contribution in [3.63, 3.8) is 0 Å². The standard InChI is InChI=1S/C16H16O3/c1-12(17)15-8-3-4-9-16(15)19-14-7-5-6-13(10-14)11-18-2/h3-10H,11H2,1-2H3. The summed E-state index contributed by atoms with van der Waals surface area (Å²) in [7, 11) is 1.65. The first-order valence-electron chi connectivity index (χ1n) is 6.06. The fraction of sp³-hybridized carbons (Fsp3) is 0.188. The predicted molar refractivity (Wildman–Crippen MR) is 73.7 cm³/mol. The third-order valence-corrected chi connectivity index (χ3v) is 2.70. The van der Waals surface area contributed by atoms with Crippen LogP contribution in [0, 0.1) is 0 Å². The second kappa shape index (κ2) is 6.16. The third-order valence-electron chi connectivity index (χ3n) is 2.70. The Hall–Kier alpha value is -2.13. The summed E-state index contributed by atoms with van der Waals surface area (Å²) in [4.78, 5) is 11.5. The van der Waals surface area contributed by atoms with Crippen LogP contribution in [0.3, 0.4) is 0 Å². The van der Waals surface area contributed by atoms with Gasteiger partial charge in [-0.15, -0.1) is 0 Å². The van der Waals surface area contributed by atoms with Gasteiger partial charge < -0.3 is 9.47 Å². The van der Waals surface area contributed by atoms with Crippen LogP contribution in [0.4, 0.5) is 0 Å².